The van der Waals surface area contributed by atoms with E-state index >= 15 is 0 Å². The molecule has 19 heavy (non-hydrogen) atoms. The lowest BCUT2D eigenvalue weighted by Gasteiger charge is -2.00. The highest BCUT2D eigenvalue weighted by atomic mass is 35.5. The van der Waals surface area contributed by atoms with Gasteiger partial charge in [-0.2, -0.15) is 0 Å². The van der Waals surface area contributed by atoms with Crippen LogP contribution in [0.25, 0.3) is 10.4 Å². The van der Waals surface area contributed by atoms with Crippen LogP contribution in [0, 0.1) is 0 Å². The molecule has 0 aliphatic carbocycles. The largest absolute Gasteiger partial charge is 0.461 e. The van der Waals surface area contributed by atoms with Crippen LogP contribution in [0.5, 0.6) is 0 Å². The summed E-state index contributed by atoms with van der Waals surface area (Å²) in [6.45, 7) is 2.35. The molecule has 0 spiro atoms. The maximum atomic E-state index is 11.8. The Morgan fingerprint density at radius 1 is 1.42 bits per heavy atom. The summed E-state index contributed by atoms with van der Waals surface area (Å²) in [5.74, 6) is -0.363. The van der Waals surface area contributed by atoms with Gasteiger partial charge in [0.25, 0.3) is 0 Å². The molecule has 2 aromatic rings. The summed E-state index contributed by atoms with van der Waals surface area (Å²) in [6, 6.07) is 9.21. The van der Waals surface area contributed by atoms with Gasteiger partial charge in [0.15, 0.2) is 0 Å². The van der Waals surface area contributed by atoms with Gasteiger partial charge in [-0.25, -0.2) is 4.79 Å². The number of nitrogen functional groups attached to an aromatic ring is 1. The zero-order chi connectivity index (χ0) is 13.8. The van der Waals surface area contributed by atoms with Crippen molar-refractivity contribution >= 4 is 34.6 Å². The molecule has 0 fully saturated rings. The monoisotopic (exact) mass is 295 g/mol. The highest BCUT2D eigenvalue weighted by Crippen LogP contribution is 2.34. The minimum atomic E-state index is -0.363. The number of esters is 1. The molecule has 0 saturated heterocycles. The zero-order valence-corrected chi connectivity index (χ0v) is 12.1. The third-order valence-electron chi connectivity index (χ3n) is 2.49. The smallest absolute Gasteiger partial charge is 0.350 e. The number of hydrogen-bond donors (Lipinski definition) is 1. The summed E-state index contributed by atoms with van der Waals surface area (Å²) in [5.41, 5.74) is 7.25. The molecule has 2 N–H and O–H groups in total. The van der Waals surface area contributed by atoms with Crippen LogP contribution in [0.3, 0.4) is 0 Å². The second-order valence-electron chi connectivity index (χ2n) is 4.04. The Balaban J connectivity index is 2.28. The fraction of sp³-hybridized carbons (Fsp3) is 0.214. The molecule has 0 aliphatic rings. The predicted octanol–water partition coefficient (Wildman–Crippen LogP) is 4.22. The molecule has 1 aromatic heterocycles. The Hall–Kier alpha value is -1.52. The maximum absolute atomic E-state index is 11.8. The van der Waals surface area contributed by atoms with Crippen LogP contribution in [-0.2, 0) is 4.74 Å². The first-order valence-electron chi connectivity index (χ1n) is 5.94. The van der Waals surface area contributed by atoms with Crippen LogP contribution < -0.4 is 5.73 Å². The van der Waals surface area contributed by atoms with E-state index in [0.29, 0.717) is 22.2 Å². The molecule has 0 saturated carbocycles. The number of carbonyl (C=O) groups excluding carboxylic acids is 1. The van der Waals surface area contributed by atoms with E-state index in [1.165, 1.54) is 11.3 Å². The average molecular weight is 296 g/mol. The van der Waals surface area contributed by atoms with Crippen molar-refractivity contribution in [2.24, 2.45) is 0 Å². The molecular formula is C14H14ClNO2S. The van der Waals surface area contributed by atoms with Crippen molar-refractivity contribution in [3.05, 3.63) is 40.2 Å². The second kappa shape index (κ2) is 6.08. The fourth-order valence-electron chi connectivity index (χ4n) is 1.61. The fourth-order valence-corrected chi connectivity index (χ4v) is 2.77. The van der Waals surface area contributed by atoms with Gasteiger partial charge in [0.2, 0.25) is 0 Å². The standard InChI is InChI=1S/C14H14ClNO2S/c1-2-6-18-14(17)13-11(16)8-12(19-13)9-4-3-5-10(15)7-9/h3-5,7-8H,2,6,16H2,1H3. The van der Waals surface area contributed by atoms with E-state index in [1.54, 1.807) is 12.1 Å². The van der Waals surface area contributed by atoms with Crippen LogP contribution in [-0.4, -0.2) is 12.6 Å². The van der Waals surface area contributed by atoms with Gasteiger partial charge in [0, 0.05) is 9.90 Å². The Bertz CT molecular complexity index is 595. The molecule has 2 rings (SSSR count). The quantitative estimate of drug-likeness (QED) is 0.859. The van der Waals surface area contributed by atoms with E-state index in [1.807, 2.05) is 25.1 Å². The first-order chi connectivity index (χ1) is 9.11. The Kier molecular flexibility index (Phi) is 4.45. The topological polar surface area (TPSA) is 52.3 Å². The SMILES string of the molecule is CCCOC(=O)c1sc(-c2cccc(Cl)c2)cc1N. The van der Waals surface area contributed by atoms with Gasteiger partial charge in [-0.1, -0.05) is 30.7 Å². The van der Waals surface area contributed by atoms with E-state index in [9.17, 15) is 4.79 Å². The van der Waals surface area contributed by atoms with Gasteiger partial charge in [0.1, 0.15) is 4.88 Å². The highest BCUT2D eigenvalue weighted by Gasteiger charge is 2.16. The van der Waals surface area contributed by atoms with Crippen molar-refractivity contribution in [1.82, 2.24) is 0 Å². The van der Waals surface area contributed by atoms with Gasteiger partial charge in [0.05, 0.1) is 12.3 Å². The van der Waals surface area contributed by atoms with Crippen LogP contribution in [0.1, 0.15) is 23.0 Å². The average Bonchev–Trinajstić information content (AvgIpc) is 2.78. The van der Waals surface area contributed by atoms with Gasteiger partial charge in [-0.05, 0) is 30.2 Å². The molecule has 3 nitrogen and oxygen atoms in total. The molecule has 5 heteroatoms. The number of thiophene rings is 1. The number of benzene rings is 1. The summed E-state index contributed by atoms with van der Waals surface area (Å²) in [6.07, 6.45) is 0.790. The van der Waals surface area contributed by atoms with E-state index in [0.717, 1.165) is 16.9 Å². The van der Waals surface area contributed by atoms with Crippen LogP contribution in [0.4, 0.5) is 5.69 Å². The van der Waals surface area contributed by atoms with Crippen molar-refractivity contribution in [2.45, 2.75) is 13.3 Å². The van der Waals surface area contributed by atoms with E-state index in [-0.39, 0.29) is 5.97 Å². The molecule has 0 bridgehead atoms. The lowest BCUT2D eigenvalue weighted by atomic mass is 10.2. The van der Waals surface area contributed by atoms with Crippen molar-refractivity contribution < 1.29 is 9.53 Å². The Morgan fingerprint density at radius 3 is 2.89 bits per heavy atom. The molecule has 0 amide bonds. The number of nitrogens with two attached hydrogens (primary N) is 1. The van der Waals surface area contributed by atoms with Crippen molar-refractivity contribution in [3.63, 3.8) is 0 Å². The summed E-state index contributed by atoms with van der Waals surface area (Å²) in [4.78, 5) is 13.2. The molecule has 0 unspecified atom stereocenters. The third kappa shape index (κ3) is 3.28. The summed E-state index contributed by atoms with van der Waals surface area (Å²) in [7, 11) is 0. The molecule has 100 valence electrons. The number of carbonyl (C=O) groups is 1. The minimum absolute atomic E-state index is 0.363. The number of anilines is 1. The van der Waals surface area contributed by atoms with Crippen molar-refractivity contribution in [3.8, 4) is 10.4 Å². The Labute approximate surface area is 121 Å². The van der Waals surface area contributed by atoms with Gasteiger partial charge >= 0.3 is 5.97 Å². The van der Waals surface area contributed by atoms with E-state index < -0.39 is 0 Å². The summed E-state index contributed by atoms with van der Waals surface area (Å²) >= 11 is 7.28. The number of rotatable bonds is 4. The summed E-state index contributed by atoms with van der Waals surface area (Å²) in [5, 5.41) is 0.652. The number of hydrogen-bond acceptors (Lipinski definition) is 4. The molecule has 0 radical (unpaired) electrons. The maximum Gasteiger partial charge on any atom is 0.350 e. The van der Waals surface area contributed by atoms with Crippen molar-refractivity contribution in [1.29, 1.82) is 0 Å². The van der Waals surface area contributed by atoms with Crippen molar-refractivity contribution in [2.75, 3.05) is 12.3 Å². The molecule has 1 aromatic carbocycles. The van der Waals surface area contributed by atoms with Crippen LogP contribution in [0.2, 0.25) is 5.02 Å². The minimum Gasteiger partial charge on any atom is -0.461 e. The molecule has 0 aliphatic heterocycles. The third-order valence-corrected chi connectivity index (χ3v) is 3.91. The van der Waals surface area contributed by atoms with E-state index in [2.05, 4.69) is 0 Å². The van der Waals surface area contributed by atoms with Crippen LogP contribution in [0.15, 0.2) is 30.3 Å². The van der Waals surface area contributed by atoms with Gasteiger partial charge in [-0.3, -0.25) is 0 Å². The predicted molar refractivity (Wildman–Crippen MR) is 79.8 cm³/mol. The first kappa shape index (κ1) is 13.9. The molecular weight excluding hydrogens is 282 g/mol. The molecule has 0 atom stereocenters. The van der Waals surface area contributed by atoms with E-state index in [4.69, 9.17) is 22.1 Å². The lowest BCUT2D eigenvalue weighted by molar-refractivity contribution is 0.0512. The highest BCUT2D eigenvalue weighted by molar-refractivity contribution is 7.18. The first-order valence-corrected chi connectivity index (χ1v) is 7.13. The summed E-state index contributed by atoms with van der Waals surface area (Å²) < 4.78 is 5.10. The lowest BCUT2D eigenvalue weighted by Crippen LogP contribution is -2.05. The number of halogens is 1. The van der Waals surface area contributed by atoms with Gasteiger partial charge in [-0.15, -0.1) is 11.3 Å². The Morgan fingerprint density at radius 2 is 2.21 bits per heavy atom. The molecule has 1 heterocycles. The normalized spacial score (nSPS) is 10.4. The zero-order valence-electron chi connectivity index (χ0n) is 10.5. The number of ether oxygens (including phenoxy) is 1. The van der Waals surface area contributed by atoms with Crippen LogP contribution >= 0.6 is 22.9 Å². The van der Waals surface area contributed by atoms with Gasteiger partial charge < -0.3 is 10.5 Å². The second-order valence-corrected chi connectivity index (χ2v) is 5.53.